The van der Waals surface area contributed by atoms with Crippen molar-refractivity contribution in [2.45, 2.75) is 26.4 Å². The summed E-state index contributed by atoms with van der Waals surface area (Å²) < 4.78 is 16.4. The maximum atomic E-state index is 12.7. The fourth-order valence-corrected chi connectivity index (χ4v) is 4.21. The number of aryl methyl sites for hydroxylation is 1. The summed E-state index contributed by atoms with van der Waals surface area (Å²) >= 11 is 0. The zero-order valence-corrected chi connectivity index (χ0v) is 20.0. The molecule has 2 N–H and O–H groups in total. The summed E-state index contributed by atoms with van der Waals surface area (Å²) in [6, 6.07) is 19.5. The minimum atomic E-state index is -0.986. The standard InChI is InChI=1S/C28H22N2O7/c1-15(18-6-4-3-5-7-18)35-28(34)29-25-16(2)37-30-26(25)19-9-11-21-20-10-8-17(13-24(31)32)12-22(20)27(33)36-23(21)14-19/h3-12,14-15H,13H2,1-2H3,(H,29,34)(H,31,32). The predicted molar refractivity (Wildman–Crippen MR) is 137 cm³/mol. The molecule has 0 fully saturated rings. The molecule has 0 saturated heterocycles. The van der Waals surface area contributed by atoms with Crippen molar-refractivity contribution in [3.8, 4) is 11.3 Å². The third-order valence-corrected chi connectivity index (χ3v) is 6.05. The van der Waals surface area contributed by atoms with Crippen molar-refractivity contribution in [2.75, 3.05) is 5.32 Å². The van der Waals surface area contributed by atoms with Crippen LogP contribution in [0.2, 0.25) is 0 Å². The van der Waals surface area contributed by atoms with Gasteiger partial charge in [-0.15, -0.1) is 0 Å². The van der Waals surface area contributed by atoms with E-state index < -0.39 is 23.8 Å². The van der Waals surface area contributed by atoms with Gasteiger partial charge in [-0.25, -0.2) is 9.59 Å². The number of carbonyl (C=O) groups is 2. The molecule has 5 rings (SSSR count). The molecule has 0 bridgehead atoms. The number of hydrogen-bond acceptors (Lipinski definition) is 7. The Balaban J connectivity index is 1.46. The molecule has 1 amide bonds. The molecule has 2 heterocycles. The van der Waals surface area contributed by atoms with E-state index in [1.54, 1.807) is 44.2 Å². The number of rotatable bonds is 6. The Morgan fingerprint density at radius 2 is 1.78 bits per heavy atom. The topological polar surface area (TPSA) is 132 Å². The van der Waals surface area contributed by atoms with Crippen LogP contribution in [0.3, 0.4) is 0 Å². The largest absolute Gasteiger partial charge is 0.481 e. The van der Waals surface area contributed by atoms with Gasteiger partial charge in [-0.1, -0.05) is 53.7 Å². The molecule has 9 heteroatoms. The Labute approximate surface area is 210 Å². The molecule has 0 aliphatic rings. The average molecular weight is 498 g/mol. The molecular weight excluding hydrogens is 476 g/mol. The Morgan fingerprint density at radius 3 is 2.54 bits per heavy atom. The number of aromatic nitrogens is 1. The first-order valence-electron chi connectivity index (χ1n) is 11.5. The van der Waals surface area contributed by atoms with Gasteiger partial charge in [0.05, 0.1) is 11.8 Å². The minimum absolute atomic E-state index is 0.194. The van der Waals surface area contributed by atoms with Gasteiger partial charge in [-0.05, 0) is 48.6 Å². The van der Waals surface area contributed by atoms with Gasteiger partial charge in [0.2, 0.25) is 0 Å². The summed E-state index contributed by atoms with van der Waals surface area (Å²) in [5.41, 5.74) is 2.33. The van der Waals surface area contributed by atoms with E-state index in [1.165, 1.54) is 6.07 Å². The van der Waals surface area contributed by atoms with E-state index in [1.807, 2.05) is 30.3 Å². The van der Waals surface area contributed by atoms with E-state index in [-0.39, 0.29) is 6.42 Å². The fraction of sp³-hybridized carbons (Fsp3) is 0.143. The van der Waals surface area contributed by atoms with Gasteiger partial charge in [0.25, 0.3) is 0 Å². The van der Waals surface area contributed by atoms with E-state index in [0.717, 1.165) is 5.56 Å². The molecule has 9 nitrogen and oxygen atoms in total. The SMILES string of the molecule is Cc1onc(-c2ccc3c(c2)oc(=O)c2cc(CC(=O)O)ccc23)c1NC(=O)OC(C)c1ccccc1. The number of carboxylic acid groups (broad SMARTS) is 1. The van der Waals surface area contributed by atoms with Gasteiger partial charge < -0.3 is 18.8 Å². The molecule has 0 aliphatic carbocycles. The molecule has 0 aliphatic heterocycles. The summed E-state index contributed by atoms with van der Waals surface area (Å²) in [4.78, 5) is 36.4. The number of hydrogen-bond donors (Lipinski definition) is 2. The second kappa shape index (κ2) is 9.62. The highest BCUT2D eigenvalue weighted by molar-refractivity contribution is 6.06. The molecule has 0 saturated carbocycles. The summed E-state index contributed by atoms with van der Waals surface area (Å²) in [6.45, 7) is 3.44. The Bertz CT molecular complexity index is 1700. The molecular formula is C28H22N2O7. The lowest BCUT2D eigenvalue weighted by molar-refractivity contribution is -0.136. The monoisotopic (exact) mass is 498 g/mol. The van der Waals surface area contributed by atoms with E-state index in [4.69, 9.17) is 18.8 Å². The van der Waals surface area contributed by atoms with E-state index in [2.05, 4.69) is 10.5 Å². The highest BCUT2D eigenvalue weighted by Crippen LogP contribution is 2.34. The molecule has 1 atom stereocenters. The predicted octanol–water partition coefficient (Wildman–Crippen LogP) is 5.85. The highest BCUT2D eigenvalue weighted by atomic mass is 16.6. The van der Waals surface area contributed by atoms with Crippen LogP contribution >= 0.6 is 0 Å². The number of amides is 1. The number of nitrogens with zero attached hydrogens (tertiary/aromatic N) is 1. The number of nitrogens with one attached hydrogen (secondary N) is 1. The van der Waals surface area contributed by atoms with Gasteiger partial charge in [0, 0.05) is 10.9 Å². The maximum Gasteiger partial charge on any atom is 0.412 e. The fourth-order valence-electron chi connectivity index (χ4n) is 4.21. The molecule has 0 radical (unpaired) electrons. The van der Waals surface area contributed by atoms with Crippen LogP contribution in [0.4, 0.5) is 10.5 Å². The van der Waals surface area contributed by atoms with Gasteiger partial charge >= 0.3 is 17.7 Å². The highest BCUT2D eigenvalue weighted by Gasteiger charge is 2.21. The van der Waals surface area contributed by atoms with Gasteiger partial charge in [0.15, 0.2) is 5.76 Å². The number of carboxylic acids is 1. The van der Waals surface area contributed by atoms with E-state index in [0.29, 0.717) is 50.0 Å². The lowest BCUT2D eigenvalue weighted by atomic mass is 10.0. The third-order valence-electron chi connectivity index (χ3n) is 6.05. The maximum absolute atomic E-state index is 12.7. The van der Waals surface area contributed by atoms with Crippen molar-refractivity contribution in [1.29, 1.82) is 0 Å². The van der Waals surface area contributed by atoms with Crippen LogP contribution in [0.5, 0.6) is 0 Å². The Morgan fingerprint density at radius 1 is 1.03 bits per heavy atom. The van der Waals surface area contributed by atoms with Gasteiger partial charge in [0.1, 0.15) is 23.1 Å². The van der Waals surface area contributed by atoms with Crippen molar-refractivity contribution in [3.63, 3.8) is 0 Å². The number of aliphatic carboxylic acids is 1. The smallest absolute Gasteiger partial charge is 0.412 e. The molecule has 37 heavy (non-hydrogen) atoms. The van der Waals surface area contributed by atoms with Crippen LogP contribution in [0.15, 0.2) is 80.5 Å². The van der Waals surface area contributed by atoms with E-state index in [9.17, 15) is 14.4 Å². The minimum Gasteiger partial charge on any atom is -0.481 e. The molecule has 1 unspecified atom stereocenters. The normalized spacial score (nSPS) is 11.9. The van der Waals surface area contributed by atoms with Crippen molar-refractivity contribution in [1.82, 2.24) is 5.16 Å². The second-order valence-corrected chi connectivity index (χ2v) is 8.60. The molecule has 0 spiro atoms. The number of carbonyl (C=O) groups excluding carboxylic acids is 1. The Kier molecular flexibility index (Phi) is 6.19. The lowest BCUT2D eigenvalue weighted by Crippen LogP contribution is -2.16. The average Bonchev–Trinajstić information content (AvgIpc) is 3.23. The van der Waals surface area contributed by atoms with Crippen molar-refractivity contribution in [3.05, 3.63) is 94.0 Å². The quantitative estimate of drug-likeness (QED) is 0.220. The summed E-state index contributed by atoms with van der Waals surface area (Å²) in [5.74, 6) is -0.606. The van der Waals surface area contributed by atoms with Crippen LogP contribution in [0, 0.1) is 6.92 Å². The summed E-state index contributed by atoms with van der Waals surface area (Å²) in [6.07, 6.45) is -1.33. The van der Waals surface area contributed by atoms with Crippen LogP contribution in [-0.4, -0.2) is 22.3 Å². The van der Waals surface area contributed by atoms with Gasteiger partial charge in [-0.3, -0.25) is 10.1 Å². The van der Waals surface area contributed by atoms with Crippen LogP contribution in [0.25, 0.3) is 33.0 Å². The number of anilines is 1. The lowest BCUT2D eigenvalue weighted by Gasteiger charge is -2.14. The van der Waals surface area contributed by atoms with Crippen LogP contribution < -0.4 is 10.9 Å². The number of ether oxygens (including phenoxy) is 1. The van der Waals surface area contributed by atoms with Crippen molar-refractivity contribution >= 4 is 39.5 Å². The first kappa shape index (κ1) is 23.8. The molecule has 2 aromatic heterocycles. The van der Waals surface area contributed by atoms with E-state index >= 15 is 0 Å². The molecule has 5 aromatic rings. The first-order valence-corrected chi connectivity index (χ1v) is 11.5. The summed E-state index contributed by atoms with van der Waals surface area (Å²) in [7, 11) is 0. The molecule has 186 valence electrons. The van der Waals surface area contributed by atoms with Gasteiger partial charge in [-0.2, -0.15) is 0 Å². The summed E-state index contributed by atoms with van der Waals surface area (Å²) in [5, 5.41) is 17.5. The van der Waals surface area contributed by atoms with Crippen molar-refractivity contribution in [2.24, 2.45) is 0 Å². The number of fused-ring (bicyclic) bond motifs is 3. The molecule has 3 aromatic carbocycles. The Hall–Kier alpha value is -4.92. The van der Waals surface area contributed by atoms with Crippen molar-refractivity contribution < 1.29 is 28.4 Å². The third kappa shape index (κ3) is 4.79. The van der Waals surface area contributed by atoms with Crippen LogP contribution in [0.1, 0.15) is 29.9 Å². The first-order chi connectivity index (χ1) is 17.8. The van der Waals surface area contributed by atoms with Crippen LogP contribution in [-0.2, 0) is 16.0 Å². The zero-order chi connectivity index (χ0) is 26.1. The second-order valence-electron chi connectivity index (χ2n) is 8.60. The number of benzene rings is 3. The zero-order valence-electron chi connectivity index (χ0n) is 20.0.